The van der Waals surface area contributed by atoms with Crippen LogP contribution in [0.2, 0.25) is 0 Å². The van der Waals surface area contributed by atoms with Crippen LogP contribution >= 0.6 is 0 Å². The summed E-state index contributed by atoms with van der Waals surface area (Å²) in [6, 6.07) is 24.1. The van der Waals surface area contributed by atoms with Gasteiger partial charge in [0.05, 0.1) is 19.8 Å². The molecule has 0 aliphatic heterocycles. The first-order valence-electron chi connectivity index (χ1n) is 11.8. The molecule has 36 heavy (non-hydrogen) atoms. The minimum absolute atomic E-state index is 0.175. The van der Waals surface area contributed by atoms with Crippen molar-refractivity contribution in [3.8, 4) is 28.7 Å². The molecule has 0 unspecified atom stereocenters. The third kappa shape index (κ3) is 6.21. The van der Waals surface area contributed by atoms with Crippen molar-refractivity contribution in [2.75, 3.05) is 20.3 Å². The topological polar surface area (TPSA) is 86.9 Å². The quantitative estimate of drug-likeness (QED) is 0.273. The summed E-state index contributed by atoms with van der Waals surface area (Å²) < 4.78 is 21.9. The Balaban J connectivity index is 1.29. The normalized spacial score (nSPS) is 11.5. The lowest BCUT2D eigenvalue weighted by Crippen LogP contribution is -2.35. The average Bonchev–Trinajstić information content (AvgIpc) is 3.39. The number of amides is 1. The van der Waals surface area contributed by atoms with Gasteiger partial charge >= 0.3 is 6.09 Å². The van der Waals surface area contributed by atoms with Crippen LogP contribution in [0.25, 0.3) is 11.5 Å². The maximum atomic E-state index is 12.8. The second kappa shape index (κ2) is 11.9. The van der Waals surface area contributed by atoms with Crippen molar-refractivity contribution in [2.24, 2.45) is 0 Å². The fraction of sp³-hybridized carbons (Fsp3) is 0.250. The Bertz CT molecular complexity index is 1240. The van der Waals surface area contributed by atoms with Crippen LogP contribution in [0, 0.1) is 0 Å². The summed E-state index contributed by atoms with van der Waals surface area (Å²) in [5.74, 6) is 2.98. The average molecular weight is 488 g/mol. The van der Waals surface area contributed by atoms with Crippen LogP contribution in [-0.4, -0.2) is 41.4 Å². The van der Waals surface area contributed by atoms with E-state index in [1.807, 2.05) is 68.4 Å². The summed E-state index contributed by atoms with van der Waals surface area (Å²) in [6.07, 6.45) is 0.112. The van der Waals surface area contributed by atoms with Gasteiger partial charge in [-0.2, -0.15) is 4.98 Å². The number of carbonyl (C=O) groups is 1. The molecule has 0 radical (unpaired) electrons. The third-order valence-electron chi connectivity index (χ3n) is 5.75. The van der Waals surface area contributed by atoms with Gasteiger partial charge in [-0.3, -0.25) is 0 Å². The Morgan fingerprint density at radius 2 is 1.61 bits per heavy atom. The monoisotopic (exact) mass is 487 g/mol. The lowest BCUT2D eigenvalue weighted by Gasteiger charge is -2.27. The lowest BCUT2D eigenvalue weighted by atomic mass is 10.1. The van der Waals surface area contributed by atoms with Crippen LogP contribution in [0.1, 0.15) is 31.3 Å². The van der Waals surface area contributed by atoms with Crippen molar-refractivity contribution in [1.82, 2.24) is 15.0 Å². The first kappa shape index (κ1) is 24.8. The fourth-order valence-corrected chi connectivity index (χ4v) is 3.70. The van der Waals surface area contributed by atoms with E-state index >= 15 is 0 Å². The molecule has 1 heterocycles. The molecule has 4 rings (SSSR count). The number of ether oxygens (including phenoxy) is 3. The fourth-order valence-electron chi connectivity index (χ4n) is 3.70. The molecule has 8 heteroatoms. The van der Waals surface area contributed by atoms with Crippen molar-refractivity contribution < 1.29 is 23.5 Å². The number of methoxy groups -OCH3 is 1. The number of carbonyl (C=O) groups excluding carboxylic acids is 1. The highest BCUT2D eigenvalue weighted by Gasteiger charge is 2.22. The van der Waals surface area contributed by atoms with Crippen LogP contribution in [0.15, 0.2) is 83.4 Å². The molecule has 0 aliphatic carbocycles. The van der Waals surface area contributed by atoms with Gasteiger partial charge in [-0.15, -0.1) is 0 Å². The molecular formula is C28H29N3O5. The molecule has 0 bridgehead atoms. The highest BCUT2D eigenvalue weighted by molar-refractivity contribution is 5.71. The highest BCUT2D eigenvalue weighted by atomic mass is 16.6. The van der Waals surface area contributed by atoms with Gasteiger partial charge in [-0.05, 0) is 67.9 Å². The summed E-state index contributed by atoms with van der Waals surface area (Å²) in [5, 5.41) is 4.02. The van der Waals surface area contributed by atoms with Crippen LogP contribution in [0.5, 0.6) is 17.2 Å². The predicted octanol–water partition coefficient (Wildman–Crippen LogP) is 5.95. The van der Waals surface area contributed by atoms with Gasteiger partial charge in [0.1, 0.15) is 17.2 Å². The van der Waals surface area contributed by atoms with Crippen molar-refractivity contribution in [1.29, 1.82) is 0 Å². The third-order valence-corrected chi connectivity index (χ3v) is 5.75. The van der Waals surface area contributed by atoms with Crippen LogP contribution in [0.3, 0.4) is 0 Å². The first-order valence-corrected chi connectivity index (χ1v) is 11.8. The predicted molar refractivity (Wildman–Crippen MR) is 135 cm³/mol. The smallest absolute Gasteiger partial charge is 0.415 e. The Labute approximate surface area is 210 Å². The van der Waals surface area contributed by atoms with Gasteiger partial charge in [-0.25, -0.2) is 4.79 Å². The van der Waals surface area contributed by atoms with E-state index < -0.39 is 6.09 Å². The zero-order valence-corrected chi connectivity index (χ0v) is 20.6. The molecule has 1 amide bonds. The molecule has 0 aliphatic rings. The molecule has 1 aromatic heterocycles. The first-order chi connectivity index (χ1) is 17.6. The summed E-state index contributed by atoms with van der Waals surface area (Å²) in [4.78, 5) is 18.9. The Kier molecular flexibility index (Phi) is 8.18. The Hall–Kier alpha value is -4.33. The molecule has 0 saturated carbocycles. The summed E-state index contributed by atoms with van der Waals surface area (Å²) in [5.41, 5.74) is 1.86. The van der Waals surface area contributed by atoms with Crippen molar-refractivity contribution in [3.63, 3.8) is 0 Å². The van der Waals surface area contributed by atoms with E-state index in [-0.39, 0.29) is 6.04 Å². The Morgan fingerprint density at radius 1 is 0.944 bits per heavy atom. The van der Waals surface area contributed by atoms with Crippen molar-refractivity contribution in [3.05, 3.63) is 90.3 Å². The van der Waals surface area contributed by atoms with Gasteiger partial charge in [0.15, 0.2) is 5.82 Å². The standard InChI is InChI=1S/C28H29N3O5/c1-4-31(28(32)35-25-16-14-23(33-3)15-17-25)20(2)21-10-12-24(13-11-21)34-19-18-26-29-27(36-30-26)22-8-6-5-7-9-22/h5-17,20H,4,18-19H2,1-3H3/t20-/m0/s1. The molecule has 8 nitrogen and oxygen atoms in total. The van der Waals surface area contributed by atoms with E-state index in [0.717, 1.165) is 16.9 Å². The molecule has 4 aromatic rings. The number of rotatable bonds is 10. The van der Waals surface area contributed by atoms with Crippen LogP contribution < -0.4 is 14.2 Å². The lowest BCUT2D eigenvalue weighted by molar-refractivity contribution is 0.138. The van der Waals surface area contributed by atoms with Gasteiger partial charge < -0.3 is 23.6 Å². The SMILES string of the molecule is CCN(C(=O)Oc1ccc(OC)cc1)[C@@H](C)c1ccc(OCCc2noc(-c3ccccc3)n2)cc1. The van der Waals surface area contributed by atoms with Gasteiger partial charge in [0.2, 0.25) is 0 Å². The molecule has 186 valence electrons. The number of hydrogen-bond donors (Lipinski definition) is 0. The minimum atomic E-state index is -0.412. The maximum absolute atomic E-state index is 12.8. The second-order valence-corrected chi connectivity index (χ2v) is 8.05. The molecule has 1 atom stereocenters. The largest absolute Gasteiger partial charge is 0.497 e. The minimum Gasteiger partial charge on any atom is -0.497 e. The van der Waals surface area contributed by atoms with E-state index in [9.17, 15) is 4.79 Å². The Morgan fingerprint density at radius 3 is 2.28 bits per heavy atom. The van der Waals surface area contributed by atoms with Gasteiger partial charge in [0.25, 0.3) is 5.89 Å². The number of nitrogens with zero attached hydrogens (tertiary/aromatic N) is 3. The highest BCUT2D eigenvalue weighted by Crippen LogP contribution is 2.25. The molecule has 0 N–H and O–H groups in total. The van der Waals surface area contributed by atoms with Gasteiger partial charge in [0, 0.05) is 18.5 Å². The van der Waals surface area contributed by atoms with Crippen molar-refractivity contribution >= 4 is 6.09 Å². The number of aromatic nitrogens is 2. The van der Waals surface area contributed by atoms with E-state index in [4.69, 9.17) is 18.7 Å². The van der Waals surface area contributed by atoms with E-state index in [0.29, 0.717) is 42.8 Å². The summed E-state index contributed by atoms with van der Waals surface area (Å²) >= 11 is 0. The van der Waals surface area contributed by atoms with Crippen LogP contribution in [0.4, 0.5) is 4.79 Å². The molecule has 0 saturated heterocycles. The zero-order chi connectivity index (χ0) is 25.3. The van der Waals surface area contributed by atoms with Crippen molar-refractivity contribution in [2.45, 2.75) is 26.3 Å². The summed E-state index contributed by atoms with van der Waals surface area (Å²) in [7, 11) is 1.59. The number of benzene rings is 3. The van der Waals surface area contributed by atoms with Gasteiger partial charge in [-0.1, -0.05) is 35.5 Å². The number of hydrogen-bond acceptors (Lipinski definition) is 7. The van der Waals surface area contributed by atoms with E-state index in [1.165, 1.54) is 0 Å². The molecule has 0 fully saturated rings. The zero-order valence-electron chi connectivity index (χ0n) is 20.6. The van der Waals surface area contributed by atoms with Crippen LogP contribution in [-0.2, 0) is 6.42 Å². The summed E-state index contributed by atoms with van der Waals surface area (Å²) in [6.45, 7) is 4.81. The second-order valence-electron chi connectivity index (χ2n) is 8.05. The molecule has 0 spiro atoms. The van der Waals surface area contributed by atoms with E-state index in [2.05, 4.69) is 10.1 Å². The molecular weight excluding hydrogens is 458 g/mol. The molecule has 3 aromatic carbocycles. The maximum Gasteiger partial charge on any atom is 0.415 e. The van der Waals surface area contributed by atoms with E-state index in [1.54, 1.807) is 36.3 Å².